The molecule has 1 aromatic heterocycles. The maximum absolute atomic E-state index is 12.8. The molecule has 6 heteroatoms. The van der Waals surface area contributed by atoms with Crippen molar-refractivity contribution in [2.45, 2.75) is 40.2 Å². The lowest BCUT2D eigenvalue weighted by molar-refractivity contribution is -0.120. The molecule has 140 valence electrons. The topological polar surface area (TPSA) is 63.1 Å². The highest BCUT2D eigenvalue weighted by Gasteiger charge is 2.16. The normalized spacial score (nSPS) is 10.8. The third-order valence-electron chi connectivity index (χ3n) is 4.26. The molecule has 1 aromatic carbocycles. The number of carbonyl (C=O) groups excluding carboxylic acids is 2. The van der Waals surface area contributed by atoms with Crippen LogP contribution in [0.4, 0.5) is 4.39 Å². The van der Waals surface area contributed by atoms with Crippen LogP contribution in [-0.2, 0) is 11.2 Å². The molecule has 0 aliphatic rings. The first-order chi connectivity index (χ1) is 12.3. The molecule has 0 bridgehead atoms. The largest absolute Gasteiger partial charge is 0.354 e. The minimum absolute atomic E-state index is 0.141. The van der Waals surface area contributed by atoms with Crippen LogP contribution in [0.2, 0.25) is 0 Å². The van der Waals surface area contributed by atoms with E-state index in [1.165, 1.54) is 12.1 Å². The van der Waals surface area contributed by atoms with Gasteiger partial charge in [-0.2, -0.15) is 0 Å². The summed E-state index contributed by atoms with van der Waals surface area (Å²) >= 11 is 0. The van der Waals surface area contributed by atoms with Crippen LogP contribution < -0.4 is 10.6 Å². The molecule has 0 spiro atoms. The third kappa shape index (κ3) is 4.94. The Bertz CT molecular complexity index is 779. The molecule has 26 heavy (non-hydrogen) atoms. The predicted molar refractivity (Wildman–Crippen MR) is 99.7 cm³/mol. The molecule has 5 nitrogen and oxygen atoms in total. The number of nitrogens with one attached hydrogen (secondary N) is 2. The Labute approximate surface area is 153 Å². The SMILES string of the molecule is Cc1cc(C(=O)NCCNC(=O)Cc2ccc(F)cc2)c(C)n1C(C)C. The van der Waals surface area contributed by atoms with Crippen LogP contribution in [-0.4, -0.2) is 29.5 Å². The van der Waals surface area contributed by atoms with Crippen LogP contribution in [0, 0.1) is 19.7 Å². The van der Waals surface area contributed by atoms with Crippen molar-refractivity contribution in [3.05, 3.63) is 58.7 Å². The van der Waals surface area contributed by atoms with E-state index in [1.807, 2.05) is 19.9 Å². The van der Waals surface area contributed by atoms with E-state index in [-0.39, 0.29) is 24.1 Å². The highest BCUT2D eigenvalue weighted by atomic mass is 19.1. The molecule has 2 amide bonds. The van der Waals surface area contributed by atoms with E-state index in [0.717, 1.165) is 17.0 Å². The van der Waals surface area contributed by atoms with Gasteiger partial charge in [0.05, 0.1) is 12.0 Å². The lowest BCUT2D eigenvalue weighted by atomic mass is 10.1. The van der Waals surface area contributed by atoms with Gasteiger partial charge in [-0.15, -0.1) is 0 Å². The van der Waals surface area contributed by atoms with Gasteiger partial charge in [0.15, 0.2) is 0 Å². The summed E-state index contributed by atoms with van der Waals surface area (Å²) in [5, 5.41) is 5.58. The third-order valence-corrected chi connectivity index (χ3v) is 4.26. The zero-order valence-electron chi connectivity index (χ0n) is 15.7. The molecule has 2 N–H and O–H groups in total. The summed E-state index contributed by atoms with van der Waals surface area (Å²) in [7, 11) is 0. The van der Waals surface area contributed by atoms with Crippen molar-refractivity contribution >= 4 is 11.8 Å². The monoisotopic (exact) mass is 359 g/mol. The first-order valence-corrected chi connectivity index (χ1v) is 8.77. The van der Waals surface area contributed by atoms with Crippen LogP contribution in [0.15, 0.2) is 30.3 Å². The molecule has 2 aromatic rings. The number of rotatable bonds is 7. The molecule has 0 radical (unpaired) electrons. The van der Waals surface area contributed by atoms with Crippen molar-refractivity contribution < 1.29 is 14.0 Å². The standard InChI is InChI=1S/C20H26FN3O2/c1-13(2)24-14(3)11-18(15(24)4)20(26)23-10-9-22-19(25)12-16-5-7-17(21)8-6-16/h5-8,11,13H,9-10,12H2,1-4H3,(H,22,25)(H,23,26). The van der Waals surface area contributed by atoms with E-state index in [9.17, 15) is 14.0 Å². The molecule has 1 heterocycles. The predicted octanol–water partition coefficient (Wildman–Crippen LogP) is 2.91. The van der Waals surface area contributed by atoms with Gasteiger partial charge in [-0.25, -0.2) is 4.39 Å². The smallest absolute Gasteiger partial charge is 0.253 e. The maximum atomic E-state index is 12.8. The van der Waals surface area contributed by atoms with Gasteiger partial charge in [0.2, 0.25) is 5.91 Å². The fourth-order valence-corrected chi connectivity index (χ4v) is 3.12. The van der Waals surface area contributed by atoms with E-state index in [0.29, 0.717) is 24.7 Å². The summed E-state index contributed by atoms with van der Waals surface area (Å²) < 4.78 is 15.0. The van der Waals surface area contributed by atoms with Gasteiger partial charge in [-0.3, -0.25) is 9.59 Å². The van der Waals surface area contributed by atoms with E-state index >= 15 is 0 Å². The number of amides is 2. The highest BCUT2D eigenvalue weighted by molar-refractivity contribution is 5.95. The fourth-order valence-electron chi connectivity index (χ4n) is 3.12. The van der Waals surface area contributed by atoms with E-state index < -0.39 is 0 Å². The molecule has 0 saturated carbocycles. The molecular formula is C20H26FN3O2. The number of hydrogen-bond donors (Lipinski definition) is 2. The van der Waals surface area contributed by atoms with E-state index in [1.54, 1.807) is 12.1 Å². The Hall–Kier alpha value is -2.63. The van der Waals surface area contributed by atoms with Gasteiger partial charge < -0.3 is 15.2 Å². The minimum atomic E-state index is -0.325. The van der Waals surface area contributed by atoms with Crippen LogP contribution in [0.3, 0.4) is 0 Å². The summed E-state index contributed by atoms with van der Waals surface area (Å²) in [6.07, 6.45) is 0.184. The zero-order chi connectivity index (χ0) is 19.3. The van der Waals surface area contributed by atoms with E-state index in [2.05, 4.69) is 29.0 Å². The fraction of sp³-hybridized carbons (Fsp3) is 0.400. The Morgan fingerprint density at radius 2 is 1.69 bits per heavy atom. The molecule has 0 saturated heterocycles. The van der Waals surface area contributed by atoms with Crippen molar-refractivity contribution in [3.63, 3.8) is 0 Å². The lowest BCUT2D eigenvalue weighted by Gasteiger charge is -2.13. The van der Waals surface area contributed by atoms with Gasteiger partial charge >= 0.3 is 0 Å². The Kier molecular flexibility index (Phi) is 6.55. The number of hydrogen-bond acceptors (Lipinski definition) is 2. The molecule has 0 unspecified atom stereocenters. The highest BCUT2D eigenvalue weighted by Crippen LogP contribution is 2.19. The Balaban J connectivity index is 1.79. The average molecular weight is 359 g/mol. The maximum Gasteiger partial charge on any atom is 0.253 e. The number of aromatic nitrogens is 1. The van der Waals surface area contributed by atoms with Crippen molar-refractivity contribution in [1.29, 1.82) is 0 Å². The van der Waals surface area contributed by atoms with Gasteiger partial charge in [-0.05, 0) is 51.5 Å². The summed E-state index contributed by atoms with van der Waals surface area (Å²) in [6, 6.07) is 8.01. The summed E-state index contributed by atoms with van der Waals surface area (Å²) in [4.78, 5) is 24.2. The number of nitrogens with zero attached hydrogens (tertiary/aromatic N) is 1. The van der Waals surface area contributed by atoms with Gasteiger partial charge in [0, 0.05) is 30.5 Å². The molecular weight excluding hydrogens is 333 g/mol. The summed E-state index contributed by atoms with van der Waals surface area (Å²) in [6.45, 7) is 8.77. The quantitative estimate of drug-likeness (QED) is 0.747. The van der Waals surface area contributed by atoms with Crippen molar-refractivity contribution in [2.75, 3.05) is 13.1 Å². The molecule has 2 rings (SSSR count). The first-order valence-electron chi connectivity index (χ1n) is 8.77. The molecule has 0 aliphatic carbocycles. The molecule has 0 aliphatic heterocycles. The van der Waals surface area contributed by atoms with Crippen molar-refractivity contribution in [3.8, 4) is 0 Å². The van der Waals surface area contributed by atoms with E-state index in [4.69, 9.17) is 0 Å². The van der Waals surface area contributed by atoms with Crippen molar-refractivity contribution in [2.24, 2.45) is 0 Å². The molecule has 0 atom stereocenters. The van der Waals surface area contributed by atoms with Gasteiger partial charge in [0.25, 0.3) is 5.91 Å². The Morgan fingerprint density at radius 3 is 2.27 bits per heavy atom. The minimum Gasteiger partial charge on any atom is -0.354 e. The summed E-state index contributed by atoms with van der Waals surface area (Å²) in [5.74, 6) is -0.629. The summed E-state index contributed by atoms with van der Waals surface area (Å²) in [5.41, 5.74) is 3.40. The second-order valence-electron chi connectivity index (χ2n) is 6.66. The number of halogens is 1. The average Bonchev–Trinajstić information content (AvgIpc) is 2.88. The number of carbonyl (C=O) groups is 2. The second kappa shape index (κ2) is 8.65. The Morgan fingerprint density at radius 1 is 1.08 bits per heavy atom. The van der Waals surface area contributed by atoms with Crippen molar-refractivity contribution in [1.82, 2.24) is 15.2 Å². The lowest BCUT2D eigenvalue weighted by Crippen LogP contribution is -2.35. The molecule has 0 fully saturated rings. The van der Waals surface area contributed by atoms with Crippen LogP contribution in [0.25, 0.3) is 0 Å². The first kappa shape index (κ1) is 19.7. The second-order valence-corrected chi connectivity index (χ2v) is 6.66. The van der Waals surface area contributed by atoms with Crippen LogP contribution in [0.5, 0.6) is 0 Å². The van der Waals surface area contributed by atoms with Crippen LogP contribution >= 0.6 is 0 Å². The van der Waals surface area contributed by atoms with Gasteiger partial charge in [0.1, 0.15) is 5.82 Å². The zero-order valence-corrected chi connectivity index (χ0v) is 15.7. The number of aryl methyl sites for hydroxylation is 1. The van der Waals surface area contributed by atoms with Crippen LogP contribution in [0.1, 0.15) is 47.2 Å². The number of benzene rings is 1. The van der Waals surface area contributed by atoms with Gasteiger partial charge in [-0.1, -0.05) is 12.1 Å².